The Morgan fingerprint density at radius 3 is 2.94 bits per heavy atom. The minimum atomic E-state index is 0.778. The van der Waals surface area contributed by atoms with Gasteiger partial charge >= 0.3 is 0 Å². The van der Waals surface area contributed by atoms with Crippen molar-refractivity contribution in [1.82, 2.24) is 4.90 Å². The van der Waals surface area contributed by atoms with Gasteiger partial charge < -0.3 is 4.90 Å². The third-order valence-corrected chi connectivity index (χ3v) is 5.38. The van der Waals surface area contributed by atoms with Crippen molar-refractivity contribution < 1.29 is 0 Å². The highest BCUT2D eigenvalue weighted by molar-refractivity contribution is 9.10. The Kier molecular flexibility index (Phi) is 3.62. The number of piperazine rings is 1. The lowest BCUT2D eigenvalue weighted by atomic mass is 9.99. The first-order valence-corrected chi connectivity index (χ1v) is 7.79. The van der Waals surface area contributed by atoms with Gasteiger partial charge in [-0.2, -0.15) is 0 Å². The van der Waals surface area contributed by atoms with Crippen LogP contribution in [-0.2, 0) is 0 Å². The highest BCUT2D eigenvalue weighted by atomic mass is 79.9. The van der Waals surface area contributed by atoms with Crippen LogP contribution in [-0.4, -0.2) is 37.1 Å². The summed E-state index contributed by atoms with van der Waals surface area (Å²) >= 11 is 3.75. The van der Waals surface area contributed by atoms with Gasteiger partial charge in [0.15, 0.2) is 0 Å². The molecule has 2 aliphatic rings. The molecule has 0 amide bonds. The Labute approximate surface area is 118 Å². The van der Waals surface area contributed by atoms with Crippen LogP contribution in [0.25, 0.3) is 0 Å². The Bertz CT molecular complexity index is 433. The fraction of sp³-hybridized carbons (Fsp3) is 0.600. The molecule has 1 unspecified atom stereocenters. The summed E-state index contributed by atoms with van der Waals surface area (Å²) in [5.74, 6) is 0. The van der Waals surface area contributed by atoms with Crippen molar-refractivity contribution in [3.8, 4) is 0 Å². The highest BCUT2D eigenvalue weighted by Crippen LogP contribution is 2.32. The first-order chi connectivity index (χ1) is 8.75. The van der Waals surface area contributed by atoms with Gasteiger partial charge in [-0.15, -0.1) is 0 Å². The summed E-state index contributed by atoms with van der Waals surface area (Å²) in [6.45, 7) is 7.07. The van der Waals surface area contributed by atoms with Gasteiger partial charge in [-0.05, 0) is 53.9 Å². The summed E-state index contributed by atoms with van der Waals surface area (Å²) in [6.07, 6.45) is 4.18. The van der Waals surface area contributed by atoms with Crippen LogP contribution in [0.4, 0.5) is 5.69 Å². The van der Waals surface area contributed by atoms with Gasteiger partial charge in [0.05, 0.1) is 5.69 Å². The standard InChI is InChI=1S/C15H21BrN2/c1-12-5-4-7-14(15(12)16)18-10-9-17-8-3-2-6-13(17)11-18/h4-5,7,13H,2-3,6,8-11H2,1H3. The van der Waals surface area contributed by atoms with Gasteiger partial charge in [0, 0.05) is 30.1 Å². The van der Waals surface area contributed by atoms with Crippen molar-refractivity contribution >= 4 is 21.6 Å². The molecule has 3 heteroatoms. The second-order valence-corrected chi connectivity index (χ2v) is 6.33. The van der Waals surface area contributed by atoms with Crippen LogP contribution in [0, 0.1) is 6.92 Å². The van der Waals surface area contributed by atoms with Crippen LogP contribution >= 0.6 is 15.9 Å². The van der Waals surface area contributed by atoms with E-state index in [1.165, 1.54) is 61.2 Å². The summed E-state index contributed by atoms with van der Waals surface area (Å²) in [6, 6.07) is 7.36. The van der Waals surface area contributed by atoms with E-state index in [1.54, 1.807) is 0 Å². The summed E-state index contributed by atoms with van der Waals surface area (Å²) in [5, 5.41) is 0. The molecule has 18 heavy (non-hydrogen) atoms. The number of aryl methyl sites for hydroxylation is 1. The molecule has 2 aliphatic heterocycles. The maximum absolute atomic E-state index is 3.75. The van der Waals surface area contributed by atoms with Gasteiger partial charge in [0.1, 0.15) is 0 Å². The molecule has 1 aromatic carbocycles. The summed E-state index contributed by atoms with van der Waals surface area (Å²) < 4.78 is 1.27. The molecule has 2 saturated heterocycles. The number of hydrogen-bond donors (Lipinski definition) is 0. The van der Waals surface area contributed by atoms with E-state index in [0.29, 0.717) is 0 Å². The first kappa shape index (κ1) is 12.5. The molecule has 2 fully saturated rings. The van der Waals surface area contributed by atoms with Gasteiger partial charge in [0.25, 0.3) is 0 Å². The van der Waals surface area contributed by atoms with E-state index < -0.39 is 0 Å². The third-order valence-electron chi connectivity index (χ3n) is 4.35. The number of anilines is 1. The quantitative estimate of drug-likeness (QED) is 0.784. The topological polar surface area (TPSA) is 6.48 Å². The van der Waals surface area contributed by atoms with Crippen LogP contribution < -0.4 is 4.90 Å². The lowest BCUT2D eigenvalue weighted by molar-refractivity contribution is 0.133. The predicted octanol–water partition coefficient (Wildman–Crippen LogP) is 3.43. The van der Waals surface area contributed by atoms with E-state index in [0.717, 1.165) is 6.04 Å². The zero-order valence-electron chi connectivity index (χ0n) is 11.0. The molecule has 1 atom stereocenters. The number of hydrogen-bond acceptors (Lipinski definition) is 2. The second kappa shape index (κ2) is 5.22. The van der Waals surface area contributed by atoms with Crippen molar-refractivity contribution in [3.05, 3.63) is 28.2 Å². The van der Waals surface area contributed by atoms with Gasteiger partial charge in [-0.1, -0.05) is 18.6 Å². The Morgan fingerprint density at radius 1 is 1.17 bits per heavy atom. The first-order valence-electron chi connectivity index (χ1n) is 7.00. The molecule has 0 aromatic heterocycles. The number of piperidine rings is 1. The lowest BCUT2D eigenvalue weighted by Crippen LogP contribution is -2.55. The largest absolute Gasteiger partial charge is 0.368 e. The molecule has 0 spiro atoms. The van der Waals surface area contributed by atoms with Crippen LogP contribution in [0.1, 0.15) is 24.8 Å². The number of rotatable bonds is 1. The van der Waals surface area contributed by atoms with Gasteiger partial charge in [0.2, 0.25) is 0 Å². The van der Waals surface area contributed by atoms with Crippen LogP contribution in [0.15, 0.2) is 22.7 Å². The van der Waals surface area contributed by atoms with E-state index in [4.69, 9.17) is 0 Å². The molecule has 2 heterocycles. The van der Waals surface area contributed by atoms with E-state index in [9.17, 15) is 0 Å². The SMILES string of the molecule is Cc1cccc(N2CCN3CCCCC3C2)c1Br. The minimum absolute atomic E-state index is 0.778. The molecule has 98 valence electrons. The normalized spacial score (nSPS) is 25.0. The zero-order valence-corrected chi connectivity index (χ0v) is 12.6. The molecular weight excluding hydrogens is 288 g/mol. The summed E-state index contributed by atoms with van der Waals surface area (Å²) in [5.41, 5.74) is 2.71. The van der Waals surface area contributed by atoms with E-state index in [2.05, 4.69) is 50.9 Å². The maximum atomic E-state index is 3.75. The molecule has 0 aliphatic carbocycles. The van der Waals surface area contributed by atoms with Crippen molar-refractivity contribution in [2.75, 3.05) is 31.1 Å². The average Bonchev–Trinajstić information content (AvgIpc) is 2.41. The fourth-order valence-corrected chi connectivity index (χ4v) is 3.77. The number of halogens is 1. The van der Waals surface area contributed by atoms with E-state index in [1.807, 2.05) is 0 Å². The highest BCUT2D eigenvalue weighted by Gasteiger charge is 2.29. The van der Waals surface area contributed by atoms with Crippen molar-refractivity contribution in [3.63, 3.8) is 0 Å². The van der Waals surface area contributed by atoms with Crippen LogP contribution in [0.2, 0.25) is 0 Å². The number of benzene rings is 1. The monoisotopic (exact) mass is 308 g/mol. The average molecular weight is 309 g/mol. The Hall–Kier alpha value is -0.540. The van der Waals surface area contributed by atoms with Crippen molar-refractivity contribution in [2.24, 2.45) is 0 Å². The van der Waals surface area contributed by atoms with Crippen molar-refractivity contribution in [1.29, 1.82) is 0 Å². The molecule has 0 radical (unpaired) electrons. The van der Waals surface area contributed by atoms with Crippen molar-refractivity contribution in [2.45, 2.75) is 32.2 Å². The molecule has 1 aromatic rings. The molecule has 0 N–H and O–H groups in total. The zero-order chi connectivity index (χ0) is 12.5. The smallest absolute Gasteiger partial charge is 0.0514 e. The Morgan fingerprint density at radius 2 is 2.06 bits per heavy atom. The van der Waals surface area contributed by atoms with Crippen LogP contribution in [0.3, 0.4) is 0 Å². The number of nitrogens with zero attached hydrogens (tertiary/aromatic N) is 2. The molecule has 0 bridgehead atoms. The second-order valence-electron chi connectivity index (χ2n) is 5.54. The molecule has 2 nitrogen and oxygen atoms in total. The van der Waals surface area contributed by atoms with Gasteiger partial charge in [-0.25, -0.2) is 0 Å². The maximum Gasteiger partial charge on any atom is 0.0514 e. The Balaban J connectivity index is 1.79. The predicted molar refractivity (Wildman–Crippen MR) is 80.3 cm³/mol. The minimum Gasteiger partial charge on any atom is -0.368 e. The van der Waals surface area contributed by atoms with Crippen LogP contribution in [0.5, 0.6) is 0 Å². The van der Waals surface area contributed by atoms with E-state index in [-0.39, 0.29) is 0 Å². The lowest BCUT2D eigenvalue weighted by Gasteiger charge is -2.45. The van der Waals surface area contributed by atoms with Gasteiger partial charge in [-0.3, -0.25) is 4.90 Å². The fourth-order valence-electron chi connectivity index (χ4n) is 3.25. The molecule has 3 rings (SSSR count). The third kappa shape index (κ3) is 2.30. The van der Waals surface area contributed by atoms with E-state index >= 15 is 0 Å². The summed E-state index contributed by atoms with van der Waals surface area (Å²) in [4.78, 5) is 5.24. The number of fused-ring (bicyclic) bond motifs is 1. The molecule has 0 saturated carbocycles. The molecular formula is C15H21BrN2. The summed E-state index contributed by atoms with van der Waals surface area (Å²) in [7, 11) is 0.